The largest absolute Gasteiger partial charge is 0.464 e. The SMILES string of the molecule is CCCCCCCCC(=O)N(Cc1ccc2c(c1)OCO2)Cc1ccc(C)o1. The Hall–Kier alpha value is -2.43. The van der Waals surface area contributed by atoms with Gasteiger partial charge in [0, 0.05) is 13.0 Å². The minimum absolute atomic E-state index is 0.169. The summed E-state index contributed by atoms with van der Waals surface area (Å²) in [6.45, 7) is 5.41. The number of unbranched alkanes of at least 4 members (excludes halogenated alkanes) is 5. The molecule has 1 amide bonds. The highest BCUT2D eigenvalue weighted by Gasteiger charge is 2.19. The number of carbonyl (C=O) groups excluding carboxylic acids is 1. The first-order valence-corrected chi connectivity index (χ1v) is 10.4. The monoisotopic (exact) mass is 385 g/mol. The van der Waals surface area contributed by atoms with Gasteiger partial charge in [-0.1, -0.05) is 45.1 Å². The van der Waals surface area contributed by atoms with E-state index in [0.717, 1.165) is 41.4 Å². The molecule has 5 heteroatoms. The lowest BCUT2D eigenvalue weighted by Crippen LogP contribution is -2.29. The average molecular weight is 386 g/mol. The molecule has 1 aliphatic rings. The van der Waals surface area contributed by atoms with E-state index in [1.165, 1.54) is 25.7 Å². The van der Waals surface area contributed by atoms with Crippen molar-refractivity contribution in [2.24, 2.45) is 0 Å². The van der Waals surface area contributed by atoms with E-state index >= 15 is 0 Å². The maximum atomic E-state index is 12.9. The molecule has 1 aliphatic heterocycles. The van der Waals surface area contributed by atoms with Crippen molar-refractivity contribution in [3.63, 3.8) is 0 Å². The predicted octanol–water partition coefficient (Wildman–Crippen LogP) is 5.60. The summed E-state index contributed by atoms with van der Waals surface area (Å²) in [6.07, 6.45) is 7.63. The first kappa shape index (κ1) is 20.3. The van der Waals surface area contributed by atoms with E-state index in [0.29, 0.717) is 19.5 Å². The smallest absolute Gasteiger partial charge is 0.231 e. The third-order valence-corrected chi connectivity index (χ3v) is 5.05. The average Bonchev–Trinajstić information content (AvgIpc) is 3.32. The summed E-state index contributed by atoms with van der Waals surface area (Å²) in [5.74, 6) is 3.35. The Bertz CT molecular complexity index is 768. The van der Waals surface area contributed by atoms with E-state index in [1.807, 2.05) is 42.2 Å². The van der Waals surface area contributed by atoms with Crippen molar-refractivity contribution in [2.75, 3.05) is 6.79 Å². The second-order valence-corrected chi connectivity index (χ2v) is 7.47. The molecule has 0 radical (unpaired) electrons. The van der Waals surface area contributed by atoms with E-state index in [4.69, 9.17) is 13.9 Å². The van der Waals surface area contributed by atoms with Gasteiger partial charge in [-0.3, -0.25) is 4.79 Å². The highest BCUT2D eigenvalue weighted by molar-refractivity contribution is 5.76. The normalized spacial score (nSPS) is 12.4. The van der Waals surface area contributed by atoms with E-state index in [2.05, 4.69) is 6.92 Å². The van der Waals surface area contributed by atoms with Crippen molar-refractivity contribution in [1.29, 1.82) is 0 Å². The summed E-state index contributed by atoms with van der Waals surface area (Å²) in [4.78, 5) is 14.8. The molecular weight excluding hydrogens is 354 g/mol. The van der Waals surface area contributed by atoms with Crippen LogP contribution in [-0.4, -0.2) is 17.6 Å². The standard InChI is InChI=1S/C23H31NO4/c1-3-4-5-6-7-8-9-23(25)24(16-20-12-10-18(2)28-20)15-19-11-13-21-22(14-19)27-17-26-21/h10-14H,3-9,15-17H2,1-2H3. The van der Waals surface area contributed by atoms with Gasteiger partial charge in [0.05, 0.1) is 6.54 Å². The lowest BCUT2D eigenvalue weighted by molar-refractivity contribution is -0.132. The number of carbonyl (C=O) groups is 1. The van der Waals surface area contributed by atoms with Gasteiger partial charge in [0.25, 0.3) is 0 Å². The predicted molar refractivity (Wildman–Crippen MR) is 108 cm³/mol. The van der Waals surface area contributed by atoms with Crippen LogP contribution in [0.5, 0.6) is 11.5 Å². The van der Waals surface area contributed by atoms with E-state index in [9.17, 15) is 4.79 Å². The van der Waals surface area contributed by atoms with Crippen LogP contribution < -0.4 is 9.47 Å². The lowest BCUT2D eigenvalue weighted by atomic mass is 10.1. The molecule has 0 fully saturated rings. The maximum absolute atomic E-state index is 12.9. The zero-order chi connectivity index (χ0) is 19.8. The van der Waals surface area contributed by atoms with Gasteiger partial charge in [-0.15, -0.1) is 0 Å². The van der Waals surface area contributed by atoms with Crippen molar-refractivity contribution in [3.05, 3.63) is 47.4 Å². The Balaban J connectivity index is 1.60. The molecule has 0 N–H and O–H groups in total. The van der Waals surface area contributed by atoms with Gasteiger partial charge in [0.2, 0.25) is 12.7 Å². The molecule has 1 aromatic carbocycles. The third-order valence-electron chi connectivity index (χ3n) is 5.05. The Kier molecular flexibility index (Phi) is 7.40. The van der Waals surface area contributed by atoms with Crippen molar-refractivity contribution in [2.45, 2.75) is 71.9 Å². The molecule has 2 heterocycles. The van der Waals surface area contributed by atoms with Gasteiger partial charge in [-0.2, -0.15) is 0 Å². The zero-order valence-corrected chi connectivity index (χ0v) is 17.0. The summed E-state index contributed by atoms with van der Waals surface area (Å²) in [5.41, 5.74) is 1.03. The van der Waals surface area contributed by atoms with Gasteiger partial charge in [0.15, 0.2) is 11.5 Å². The number of aryl methyl sites for hydroxylation is 1. The molecule has 1 aromatic heterocycles. The first-order chi connectivity index (χ1) is 13.7. The van der Waals surface area contributed by atoms with Crippen LogP contribution in [0.15, 0.2) is 34.7 Å². The van der Waals surface area contributed by atoms with Crippen LogP contribution in [0.2, 0.25) is 0 Å². The maximum Gasteiger partial charge on any atom is 0.231 e. The third kappa shape index (κ3) is 5.78. The van der Waals surface area contributed by atoms with Gasteiger partial charge >= 0.3 is 0 Å². The van der Waals surface area contributed by atoms with Crippen molar-refractivity contribution < 1.29 is 18.7 Å². The molecular formula is C23H31NO4. The quantitative estimate of drug-likeness (QED) is 0.473. The fraction of sp³-hybridized carbons (Fsp3) is 0.522. The molecule has 0 saturated heterocycles. The second kappa shape index (κ2) is 10.2. The van der Waals surface area contributed by atoms with Crippen LogP contribution in [0.3, 0.4) is 0 Å². The number of amides is 1. The van der Waals surface area contributed by atoms with E-state index < -0.39 is 0 Å². The summed E-state index contributed by atoms with van der Waals surface area (Å²) in [6, 6.07) is 9.74. The van der Waals surface area contributed by atoms with Crippen LogP contribution in [0.4, 0.5) is 0 Å². The van der Waals surface area contributed by atoms with Gasteiger partial charge in [0.1, 0.15) is 11.5 Å². The summed E-state index contributed by atoms with van der Waals surface area (Å²) >= 11 is 0. The topological polar surface area (TPSA) is 51.9 Å². The summed E-state index contributed by atoms with van der Waals surface area (Å²) < 4.78 is 16.6. The molecule has 152 valence electrons. The van der Waals surface area contributed by atoms with Gasteiger partial charge in [-0.05, 0) is 43.2 Å². The molecule has 0 spiro atoms. The van der Waals surface area contributed by atoms with E-state index in [-0.39, 0.29) is 12.7 Å². The Morgan fingerprint density at radius 2 is 1.75 bits per heavy atom. The van der Waals surface area contributed by atoms with Crippen LogP contribution >= 0.6 is 0 Å². The van der Waals surface area contributed by atoms with Crippen molar-refractivity contribution >= 4 is 5.91 Å². The van der Waals surface area contributed by atoms with Crippen LogP contribution in [0.25, 0.3) is 0 Å². The lowest BCUT2D eigenvalue weighted by Gasteiger charge is -2.22. The Morgan fingerprint density at radius 3 is 2.54 bits per heavy atom. The summed E-state index contributed by atoms with van der Waals surface area (Å²) in [7, 11) is 0. The number of nitrogens with zero attached hydrogens (tertiary/aromatic N) is 1. The molecule has 28 heavy (non-hydrogen) atoms. The fourth-order valence-corrected chi connectivity index (χ4v) is 3.46. The molecule has 0 aliphatic carbocycles. The summed E-state index contributed by atoms with van der Waals surface area (Å²) in [5, 5.41) is 0. The van der Waals surface area contributed by atoms with Crippen molar-refractivity contribution in [3.8, 4) is 11.5 Å². The fourth-order valence-electron chi connectivity index (χ4n) is 3.46. The number of hydrogen-bond acceptors (Lipinski definition) is 4. The molecule has 0 bridgehead atoms. The highest BCUT2D eigenvalue weighted by Crippen LogP contribution is 2.33. The van der Waals surface area contributed by atoms with Crippen LogP contribution in [-0.2, 0) is 17.9 Å². The van der Waals surface area contributed by atoms with Gasteiger partial charge < -0.3 is 18.8 Å². The first-order valence-electron chi connectivity index (χ1n) is 10.4. The number of furan rings is 1. The Labute approximate surface area is 167 Å². The van der Waals surface area contributed by atoms with Crippen LogP contribution in [0, 0.1) is 6.92 Å². The Morgan fingerprint density at radius 1 is 0.964 bits per heavy atom. The van der Waals surface area contributed by atoms with Crippen molar-refractivity contribution in [1.82, 2.24) is 4.90 Å². The molecule has 0 saturated carbocycles. The molecule has 0 atom stereocenters. The van der Waals surface area contributed by atoms with Gasteiger partial charge in [-0.25, -0.2) is 0 Å². The number of ether oxygens (including phenoxy) is 2. The highest BCUT2D eigenvalue weighted by atomic mass is 16.7. The van der Waals surface area contributed by atoms with Crippen LogP contribution in [0.1, 0.15) is 69.0 Å². The number of benzene rings is 1. The van der Waals surface area contributed by atoms with E-state index in [1.54, 1.807) is 0 Å². The minimum atomic E-state index is 0.169. The molecule has 0 unspecified atom stereocenters. The minimum Gasteiger partial charge on any atom is -0.464 e. The second-order valence-electron chi connectivity index (χ2n) is 7.47. The molecule has 2 aromatic rings. The number of hydrogen-bond donors (Lipinski definition) is 0. The number of rotatable bonds is 11. The molecule has 3 rings (SSSR count). The number of fused-ring (bicyclic) bond motifs is 1. The molecule has 5 nitrogen and oxygen atoms in total. The zero-order valence-electron chi connectivity index (χ0n) is 17.0.